The van der Waals surface area contributed by atoms with Crippen molar-refractivity contribution in [1.29, 1.82) is 0 Å². The normalized spacial score (nSPS) is 20.0. The Kier molecular flexibility index (Phi) is 6.40. The molecule has 0 amide bonds. The van der Waals surface area contributed by atoms with Crippen LogP contribution in [0.4, 0.5) is 0 Å². The SMILES string of the molecule is CCOc1ccc(-c2ccc(-c3ccc([C@@]4(CC(=O)O)CCCCS4(=O)=O)s3)cc2)cc1. The number of thiophene rings is 1. The van der Waals surface area contributed by atoms with E-state index in [1.807, 2.05) is 61.5 Å². The van der Waals surface area contributed by atoms with Crippen molar-refractivity contribution in [1.82, 2.24) is 0 Å². The molecule has 2 heterocycles. The van der Waals surface area contributed by atoms with Gasteiger partial charge in [-0.2, -0.15) is 0 Å². The number of aliphatic carboxylic acids is 1. The van der Waals surface area contributed by atoms with Gasteiger partial charge in [0.05, 0.1) is 18.8 Å². The molecule has 7 heteroatoms. The fraction of sp³-hybridized carbons (Fsp3) is 0.320. The van der Waals surface area contributed by atoms with E-state index < -0.39 is 20.6 Å². The van der Waals surface area contributed by atoms with Gasteiger partial charge in [0.1, 0.15) is 10.5 Å². The fourth-order valence-corrected chi connectivity index (χ4v) is 8.11. The lowest BCUT2D eigenvalue weighted by Gasteiger charge is -2.34. The van der Waals surface area contributed by atoms with Gasteiger partial charge in [0.2, 0.25) is 0 Å². The van der Waals surface area contributed by atoms with Crippen molar-refractivity contribution >= 4 is 27.1 Å². The summed E-state index contributed by atoms with van der Waals surface area (Å²) in [6, 6.07) is 19.7. The lowest BCUT2D eigenvalue weighted by Crippen LogP contribution is -2.41. The van der Waals surface area contributed by atoms with Crippen LogP contribution in [0, 0.1) is 0 Å². The molecular weight excluding hydrogens is 444 g/mol. The largest absolute Gasteiger partial charge is 0.494 e. The summed E-state index contributed by atoms with van der Waals surface area (Å²) in [4.78, 5) is 13.1. The summed E-state index contributed by atoms with van der Waals surface area (Å²) in [5, 5.41) is 9.47. The van der Waals surface area contributed by atoms with E-state index in [0.717, 1.165) is 33.7 Å². The van der Waals surface area contributed by atoms with Gasteiger partial charge in [0.25, 0.3) is 0 Å². The average molecular weight is 471 g/mol. The first-order valence-corrected chi connectivity index (χ1v) is 13.2. The van der Waals surface area contributed by atoms with Crippen molar-refractivity contribution in [2.75, 3.05) is 12.4 Å². The molecule has 4 rings (SSSR count). The molecule has 168 valence electrons. The third-order valence-electron chi connectivity index (χ3n) is 6.00. The molecule has 1 aliphatic heterocycles. The zero-order valence-electron chi connectivity index (χ0n) is 17.9. The van der Waals surface area contributed by atoms with E-state index in [4.69, 9.17) is 4.74 Å². The van der Waals surface area contributed by atoms with E-state index >= 15 is 0 Å². The molecule has 32 heavy (non-hydrogen) atoms. The number of ether oxygens (including phenoxy) is 1. The first-order valence-electron chi connectivity index (χ1n) is 10.7. The second-order valence-electron chi connectivity index (χ2n) is 8.04. The molecule has 1 fully saturated rings. The Hall–Kier alpha value is -2.64. The molecule has 1 N–H and O–H groups in total. The highest BCUT2D eigenvalue weighted by atomic mass is 32.2. The summed E-state index contributed by atoms with van der Waals surface area (Å²) in [7, 11) is -3.53. The predicted octanol–water partition coefficient (Wildman–Crippen LogP) is 5.75. The van der Waals surface area contributed by atoms with Crippen molar-refractivity contribution < 1.29 is 23.1 Å². The van der Waals surface area contributed by atoms with Crippen LogP contribution >= 0.6 is 11.3 Å². The van der Waals surface area contributed by atoms with Crippen molar-refractivity contribution in [3.63, 3.8) is 0 Å². The van der Waals surface area contributed by atoms with E-state index in [1.165, 1.54) is 11.3 Å². The molecule has 1 aromatic heterocycles. The van der Waals surface area contributed by atoms with Crippen LogP contribution in [0.2, 0.25) is 0 Å². The molecule has 1 atom stereocenters. The summed E-state index contributed by atoms with van der Waals surface area (Å²) >= 11 is 1.39. The number of benzene rings is 2. The minimum Gasteiger partial charge on any atom is -0.494 e. The van der Waals surface area contributed by atoms with Gasteiger partial charge in [0, 0.05) is 9.75 Å². The third-order valence-corrected chi connectivity index (χ3v) is 10.1. The van der Waals surface area contributed by atoms with Gasteiger partial charge >= 0.3 is 5.97 Å². The van der Waals surface area contributed by atoms with Gasteiger partial charge < -0.3 is 9.84 Å². The van der Waals surface area contributed by atoms with E-state index in [2.05, 4.69) is 0 Å². The van der Waals surface area contributed by atoms with Crippen LogP contribution in [0.5, 0.6) is 5.75 Å². The molecule has 0 aliphatic carbocycles. The zero-order chi connectivity index (χ0) is 22.8. The molecule has 1 aliphatic rings. The van der Waals surface area contributed by atoms with Gasteiger partial charge in [-0.15, -0.1) is 11.3 Å². The van der Waals surface area contributed by atoms with E-state index in [0.29, 0.717) is 24.3 Å². The molecule has 0 bridgehead atoms. The molecule has 0 unspecified atom stereocenters. The average Bonchev–Trinajstić information content (AvgIpc) is 3.27. The van der Waals surface area contributed by atoms with Crippen LogP contribution in [0.3, 0.4) is 0 Å². The maximum absolute atomic E-state index is 13.0. The highest BCUT2D eigenvalue weighted by molar-refractivity contribution is 7.92. The van der Waals surface area contributed by atoms with Gasteiger partial charge in [-0.25, -0.2) is 8.42 Å². The van der Waals surface area contributed by atoms with E-state index in [1.54, 1.807) is 6.07 Å². The van der Waals surface area contributed by atoms with Gasteiger partial charge in [-0.05, 0) is 60.7 Å². The summed E-state index contributed by atoms with van der Waals surface area (Å²) in [5.41, 5.74) is 3.14. The Labute approximate surface area is 192 Å². The molecular formula is C25H26O5S2. The van der Waals surface area contributed by atoms with Crippen LogP contribution in [-0.4, -0.2) is 31.9 Å². The topological polar surface area (TPSA) is 80.7 Å². The number of carboxylic acid groups (broad SMARTS) is 1. The monoisotopic (exact) mass is 470 g/mol. The minimum atomic E-state index is -3.53. The third kappa shape index (κ3) is 4.32. The van der Waals surface area contributed by atoms with E-state index in [9.17, 15) is 18.3 Å². The highest BCUT2D eigenvalue weighted by Gasteiger charge is 2.49. The Morgan fingerprint density at radius 2 is 1.59 bits per heavy atom. The number of hydrogen-bond acceptors (Lipinski definition) is 5. The Bertz CT molecular complexity index is 1190. The number of hydrogen-bond donors (Lipinski definition) is 1. The first kappa shape index (κ1) is 22.6. The van der Waals surface area contributed by atoms with Gasteiger partial charge in [-0.1, -0.05) is 42.8 Å². The number of rotatable bonds is 7. The number of sulfone groups is 1. The maximum atomic E-state index is 13.0. The molecule has 3 aromatic rings. The summed E-state index contributed by atoms with van der Waals surface area (Å²) in [6.45, 7) is 2.59. The smallest absolute Gasteiger partial charge is 0.305 e. The fourth-order valence-electron chi connectivity index (χ4n) is 4.33. The van der Waals surface area contributed by atoms with Gasteiger partial charge in [0.15, 0.2) is 9.84 Å². The summed E-state index contributed by atoms with van der Waals surface area (Å²) in [6.07, 6.45) is 1.29. The lowest BCUT2D eigenvalue weighted by molar-refractivity contribution is -0.137. The number of carbonyl (C=O) groups is 1. The second kappa shape index (κ2) is 9.08. The molecule has 5 nitrogen and oxygen atoms in total. The predicted molar refractivity (Wildman–Crippen MR) is 128 cm³/mol. The second-order valence-corrected chi connectivity index (χ2v) is 11.5. The van der Waals surface area contributed by atoms with Crippen LogP contribution < -0.4 is 4.74 Å². The molecule has 2 aromatic carbocycles. The highest BCUT2D eigenvalue weighted by Crippen LogP contribution is 2.47. The van der Waals surface area contributed by atoms with Crippen molar-refractivity contribution in [3.8, 4) is 27.3 Å². The van der Waals surface area contributed by atoms with Crippen molar-refractivity contribution in [3.05, 3.63) is 65.5 Å². The lowest BCUT2D eigenvalue weighted by atomic mass is 9.95. The first-order chi connectivity index (χ1) is 15.3. The molecule has 0 saturated carbocycles. The van der Waals surface area contributed by atoms with Crippen LogP contribution in [0.15, 0.2) is 60.7 Å². The standard InChI is InChI=1S/C25H26O5S2/c1-2-30-21-11-9-19(10-12-21)18-5-7-20(8-6-18)22-13-14-23(31-22)25(17-24(26)27)15-3-4-16-32(25,28)29/h5-14H,2-4,15-17H2,1H3,(H,26,27)/t25-/m0/s1. The van der Waals surface area contributed by atoms with Crippen molar-refractivity contribution in [2.24, 2.45) is 0 Å². The Morgan fingerprint density at radius 1 is 0.969 bits per heavy atom. The number of carboxylic acids is 1. The van der Waals surface area contributed by atoms with E-state index in [-0.39, 0.29) is 12.2 Å². The Morgan fingerprint density at radius 3 is 2.19 bits per heavy atom. The van der Waals surface area contributed by atoms with Crippen LogP contribution in [0.25, 0.3) is 21.6 Å². The maximum Gasteiger partial charge on any atom is 0.305 e. The summed E-state index contributed by atoms with van der Waals surface area (Å²) in [5.74, 6) is -0.193. The molecule has 0 radical (unpaired) electrons. The summed E-state index contributed by atoms with van der Waals surface area (Å²) < 4.78 is 30.2. The quantitative estimate of drug-likeness (QED) is 0.476. The Balaban J connectivity index is 1.62. The van der Waals surface area contributed by atoms with Crippen molar-refractivity contribution in [2.45, 2.75) is 37.4 Å². The molecule has 1 saturated heterocycles. The van der Waals surface area contributed by atoms with Gasteiger partial charge in [-0.3, -0.25) is 4.79 Å². The minimum absolute atomic E-state index is 0.0459. The molecule has 0 spiro atoms. The van der Waals surface area contributed by atoms with Crippen LogP contribution in [-0.2, 0) is 19.4 Å². The van der Waals surface area contributed by atoms with Crippen LogP contribution in [0.1, 0.15) is 37.5 Å². The zero-order valence-corrected chi connectivity index (χ0v) is 19.5.